The van der Waals surface area contributed by atoms with E-state index in [9.17, 15) is 9.59 Å². The maximum atomic E-state index is 12.7. The van der Waals surface area contributed by atoms with Gasteiger partial charge in [0, 0.05) is 32.1 Å². The summed E-state index contributed by atoms with van der Waals surface area (Å²) in [5.74, 6) is 0.660. The fraction of sp³-hybridized carbons (Fsp3) is 0.867. The number of likely N-dealkylation sites (tertiary alicyclic amines) is 1. The molecule has 0 spiro atoms. The minimum atomic E-state index is -0.0507. The van der Waals surface area contributed by atoms with Crippen molar-refractivity contribution in [2.75, 3.05) is 20.1 Å². The van der Waals surface area contributed by atoms with Crippen LogP contribution in [0.4, 0.5) is 0 Å². The van der Waals surface area contributed by atoms with Crippen molar-refractivity contribution in [3.63, 3.8) is 0 Å². The number of rotatable bonds is 2. The smallest absolute Gasteiger partial charge is 0.226 e. The average Bonchev–Trinajstić information content (AvgIpc) is 2.48. The lowest BCUT2D eigenvalue weighted by atomic mass is 9.77. The highest BCUT2D eigenvalue weighted by Gasteiger charge is 2.36. The first-order valence-electron chi connectivity index (χ1n) is 7.79. The second kappa shape index (κ2) is 6.57. The predicted octanol–water partition coefficient (Wildman–Crippen LogP) is 0.735. The first-order chi connectivity index (χ1) is 9.52. The van der Waals surface area contributed by atoms with Gasteiger partial charge in [-0.25, -0.2) is 0 Å². The van der Waals surface area contributed by atoms with E-state index < -0.39 is 0 Å². The highest BCUT2D eigenvalue weighted by atomic mass is 16.2. The molecule has 0 radical (unpaired) electrons. The Balaban J connectivity index is 1.99. The molecule has 1 aliphatic heterocycles. The Morgan fingerprint density at radius 1 is 1.25 bits per heavy atom. The second-order valence-electron chi connectivity index (χ2n) is 6.39. The zero-order valence-electron chi connectivity index (χ0n) is 12.6. The number of carbonyl (C=O) groups is 2. The van der Waals surface area contributed by atoms with Crippen LogP contribution in [0.15, 0.2) is 0 Å². The van der Waals surface area contributed by atoms with Crippen molar-refractivity contribution >= 4 is 11.8 Å². The van der Waals surface area contributed by atoms with Crippen LogP contribution >= 0.6 is 0 Å². The van der Waals surface area contributed by atoms with E-state index in [0.717, 1.165) is 38.6 Å². The van der Waals surface area contributed by atoms with E-state index in [-0.39, 0.29) is 29.7 Å². The SMILES string of the molecule is CNC(=O)C1CCCN(C(=O)C2CC(N)CCC2C)C1. The van der Waals surface area contributed by atoms with Crippen molar-refractivity contribution < 1.29 is 9.59 Å². The molecule has 0 aromatic heterocycles. The second-order valence-corrected chi connectivity index (χ2v) is 6.39. The molecule has 1 aliphatic carbocycles. The number of nitrogens with two attached hydrogens (primary N) is 1. The number of nitrogens with one attached hydrogen (secondary N) is 1. The summed E-state index contributed by atoms with van der Waals surface area (Å²) >= 11 is 0. The average molecular weight is 281 g/mol. The van der Waals surface area contributed by atoms with Crippen LogP contribution in [-0.2, 0) is 9.59 Å². The summed E-state index contributed by atoms with van der Waals surface area (Å²) in [4.78, 5) is 26.4. The zero-order chi connectivity index (χ0) is 14.7. The van der Waals surface area contributed by atoms with Gasteiger partial charge < -0.3 is 16.0 Å². The topological polar surface area (TPSA) is 75.4 Å². The number of piperidine rings is 1. The van der Waals surface area contributed by atoms with Crippen LogP contribution in [0.3, 0.4) is 0 Å². The van der Waals surface area contributed by atoms with Crippen LogP contribution in [0.5, 0.6) is 0 Å². The van der Waals surface area contributed by atoms with Gasteiger partial charge in [0.05, 0.1) is 5.92 Å². The Morgan fingerprint density at radius 2 is 2.00 bits per heavy atom. The van der Waals surface area contributed by atoms with E-state index in [4.69, 9.17) is 5.73 Å². The Hall–Kier alpha value is -1.10. The molecule has 2 aliphatic rings. The summed E-state index contributed by atoms with van der Waals surface area (Å²) in [6.07, 6.45) is 4.64. The molecule has 4 atom stereocenters. The van der Waals surface area contributed by atoms with E-state index in [0.29, 0.717) is 12.5 Å². The fourth-order valence-corrected chi connectivity index (χ4v) is 3.53. The number of hydrogen-bond donors (Lipinski definition) is 2. The molecule has 5 heteroatoms. The molecule has 1 heterocycles. The third kappa shape index (κ3) is 3.32. The molecule has 3 N–H and O–H groups in total. The van der Waals surface area contributed by atoms with Crippen molar-refractivity contribution in [1.29, 1.82) is 0 Å². The molecule has 114 valence electrons. The third-order valence-corrected chi connectivity index (χ3v) is 4.90. The fourth-order valence-electron chi connectivity index (χ4n) is 3.53. The predicted molar refractivity (Wildman–Crippen MR) is 77.9 cm³/mol. The van der Waals surface area contributed by atoms with Crippen LogP contribution in [0, 0.1) is 17.8 Å². The van der Waals surface area contributed by atoms with Gasteiger partial charge in [0.1, 0.15) is 0 Å². The normalized spacial score (nSPS) is 34.6. The maximum Gasteiger partial charge on any atom is 0.226 e. The van der Waals surface area contributed by atoms with Gasteiger partial charge in [0.25, 0.3) is 0 Å². The Morgan fingerprint density at radius 3 is 2.70 bits per heavy atom. The van der Waals surface area contributed by atoms with Gasteiger partial charge in [0.2, 0.25) is 11.8 Å². The largest absolute Gasteiger partial charge is 0.359 e. The van der Waals surface area contributed by atoms with Crippen LogP contribution < -0.4 is 11.1 Å². The van der Waals surface area contributed by atoms with E-state index in [2.05, 4.69) is 12.2 Å². The van der Waals surface area contributed by atoms with Gasteiger partial charge in [-0.1, -0.05) is 6.92 Å². The Kier molecular flexibility index (Phi) is 5.02. The van der Waals surface area contributed by atoms with Gasteiger partial charge in [-0.2, -0.15) is 0 Å². The van der Waals surface area contributed by atoms with Crippen LogP contribution in [0.1, 0.15) is 39.0 Å². The van der Waals surface area contributed by atoms with E-state index >= 15 is 0 Å². The summed E-state index contributed by atoms with van der Waals surface area (Å²) in [7, 11) is 1.66. The van der Waals surface area contributed by atoms with Gasteiger partial charge in [-0.05, 0) is 38.0 Å². The Labute approximate surface area is 121 Å². The molecule has 2 fully saturated rings. The molecule has 5 nitrogen and oxygen atoms in total. The lowest BCUT2D eigenvalue weighted by Crippen LogP contribution is -2.49. The third-order valence-electron chi connectivity index (χ3n) is 4.90. The monoisotopic (exact) mass is 281 g/mol. The molecule has 0 aromatic carbocycles. The van der Waals surface area contributed by atoms with Crippen LogP contribution in [0.2, 0.25) is 0 Å². The van der Waals surface area contributed by atoms with Gasteiger partial charge >= 0.3 is 0 Å². The van der Waals surface area contributed by atoms with Crippen molar-refractivity contribution in [2.45, 2.75) is 45.1 Å². The molecule has 1 saturated carbocycles. The summed E-state index contributed by atoms with van der Waals surface area (Å²) in [6.45, 7) is 3.50. The molecule has 4 unspecified atom stereocenters. The lowest BCUT2D eigenvalue weighted by Gasteiger charge is -2.38. The molecule has 2 rings (SSSR count). The van der Waals surface area contributed by atoms with Gasteiger partial charge in [-0.15, -0.1) is 0 Å². The van der Waals surface area contributed by atoms with Crippen LogP contribution in [-0.4, -0.2) is 42.9 Å². The van der Waals surface area contributed by atoms with E-state index in [1.54, 1.807) is 7.05 Å². The molecular weight excluding hydrogens is 254 g/mol. The maximum absolute atomic E-state index is 12.7. The van der Waals surface area contributed by atoms with E-state index in [1.807, 2.05) is 4.90 Å². The first kappa shape index (κ1) is 15.3. The first-order valence-corrected chi connectivity index (χ1v) is 7.79. The van der Waals surface area contributed by atoms with Crippen LogP contribution in [0.25, 0.3) is 0 Å². The molecule has 20 heavy (non-hydrogen) atoms. The molecule has 1 saturated heterocycles. The molecule has 0 aromatic rings. The molecule has 0 bridgehead atoms. The Bertz CT molecular complexity index is 372. The molecular formula is C15H27N3O2. The number of hydrogen-bond acceptors (Lipinski definition) is 3. The van der Waals surface area contributed by atoms with Crippen molar-refractivity contribution in [1.82, 2.24) is 10.2 Å². The van der Waals surface area contributed by atoms with Gasteiger partial charge in [0.15, 0.2) is 0 Å². The minimum Gasteiger partial charge on any atom is -0.359 e. The summed E-state index contributed by atoms with van der Waals surface area (Å²) < 4.78 is 0. The number of amides is 2. The number of nitrogens with zero attached hydrogens (tertiary/aromatic N) is 1. The summed E-state index contributed by atoms with van der Waals surface area (Å²) in [5.41, 5.74) is 6.02. The summed E-state index contributed by atoms with van der Waals surface area (Å²) in [6, 6.07) is 0.152. The highest BCUT2D eigenvalue weighted by Crippen LogP contribution is 2.31. The van der Waals surface area contributed by atoms with Gasteiger partial charge in [-0.3, -0.25) is 9.59 Å². The molecule has 2 amide bonds. The van der Waals surface area contributed by atoms with Crippen molar-refractivity contribution in [2.24, 2.45) is 23.5 Å². The zero-order valence-corrected chi connectivity index (χ0v) is 12.6. The minimum absolute atomic E-state index is 0.0437. The number of carbonyl (C=O) groups excluding carboxylic acids is 2. The van der Waals surface area contributed by atoms with Crippen molar-refractivity contribution in [3.05, 3.63) is 0 Å². The standard InChI is InChI=1S/C15H27N3O2/c1-10-5-6-12(16)8-13(10)15(20)18-7-3-4-11(9-18)14(19)17-2/h10-13H,3-9,16H2,1-2H3,(H,17,19). The lowest BCUT2D eigenvalue weighted by molar-refractivity contribution is -0.141. The quantitative estimate of drug-likeness (QED) is 0.783. The summed E-state index contributed by atoms with van der Waals surface area (Å²) in [5, 5.41) is 2.69. The van der Waals surface area contributed by atoms with Crippen molar-refractivity contribution in [3.8, 4) is 0 Å². The highest BCUT2D eigenvalue weighted by molar-refractivity contribution is 5.82. The van der Waals surface area contributed by atoms with E-state index in [1.165, 1.54) is 0 Å².